The van der Waals surface area contributed by atoms with Gasteiger partial charge in [0.1, 0.15) is 0 Å². The van der Waals surface area contributed by atoms with Gasteiger partial charge < -0.3 is 4.74 Å². The Morgan fingerprint density at radius 3 is 2.47 bits per heavy atom. The molecule has 1 aliphatic rings. The van der Waals surface area contributed by atoms with Crippen LogP contribution in [0.15, 0.2) is 81.2 Å². The van der Waals surface area contributed by atoms with E-state index in [9.17, 15) is 4.79 Å². The summed E-state index contributed by atoms with van der Waals surface area (Å²) >= 11 is 3.60. The third kappa shape index (κ3) is 3.94. The van der Waals surface area contributed by atoms with Crippen molar-refractivity contribution in [1.29, 1.82) is 0 Å². The van der Waals surface area contributed by atoms with Crippen LogP contribution in [0.1, 0.15) is 35.7 Å². The van der Waals surface area contributed by atoms with Crippen molar-refractivity contribution in [2.24, 2.45) is 9.98 Å². The molecular weight excluding hydrogens is 440 g/mol. The van der Waals surface area contributed by atoms with Gasteiger partial charge in [0.05, 0.1) is 23.4 Å². The number of rotatable bonds is 6. The molecule has 0 amide bonds. The first-order chi connectivity index (χ1) is 14.5. The Hall–Kier alpha value is -2.79. The zero-order chi connectivity index (χ0) is 21.1. The van der Waals surface area contributed by atoms with E-state index >= 15 is 0 Å². The van der Waals surface area contributed by atoms with Gasteiger partial charge in [-0.25, -0.2) is 4.79 Å². The molecule has 1 aliphatic heterocycles. The van der Waals surface area contributed by atoms with E-state index in [-0.39, 0.29) is 5.97 Å². The SMILES string of the molecule is CCCC1(Cc2ccc(-c3ccccc3C(=O)OC)cc2)N=c2cccc(Br)c2=N1. The zero-order valence-corrected chi connectivity index (χ0v) is 18.6. The molecule has 0 N–H and O–H groups in total. The highest BCUT2D eigenvalue weighted by Crippen LogP contribution is 2.29. The van der Waals surface area contributed by atoms with Gasteiger partial charge >= 0.3 is 5.97 Å². The molecule has 152 valence electrons. The Labute approximate surface area is 184 Å². The molecule has 3 aromatic rings. The molecule has 4 rings (SSSR count). The highest BCUT2D eigenvalue weighted by atomic mass is 79.9. The Morgan fingerprint density at radius 2 is 1.77 bits per heavy atom. The fraction of sp³-hybridized carbons (Fsp3) is 0.240. The molecule has 1 unspecified atom stereocenters. The smallest absolute Gasteiger partial charge is 0.338 e. The predicted octanol–water partition coefficient (Wildman–Crippen LogP) is 4.89. The maximum atomic E-state index is 12.1. The van der Waals surface area contributed by atoms with Crippen LogP contribution < -0.4 is 10.7 Å². The fourth-order valence-corrected chi connectivity index (χ4v) is 4.44. The topological polar surface area (TPSA) is 51.0 Å². The van der Waals surface area contributed by atoms with Crippen LogP contribution in [0, 0.1) is 0 Å². The zero-order valence-electron chi connectivity index (χ0n) is 17.1. The van der Waals surface area contributed by atoms with Gasteiger partial charge in [0.25, 0.3) is 0 Å². The van der Waals surface area contributed by atoms with Crippen LogP contribution in [0.2, 0.25) is 0 Å². The molecule has 0 bridgehead atoms. The van der Waals surface area contributed by atoms with Crippen LogP contribution in [-0.4, -0.2) is 18.7 Å². The van der Waals surface area contributed by atoms with E-state index in [2.05, 4.69) is 47.1 Å². The lowest BCUT2D eigenvalue weighted by Crippen LogP contribution is -2.26. The van der Waals surface area contributed by atoms with E-state index in [4.69, 9.17) is 14.7 Å². The first-order valence-electron chi connectivity index (χ1n) is 10.1. The van der Waals surface area contributed by atoms with E-state index in [1.807, 2.05) is 36.4 Å². The minimum absolute atomic E-state index is 0.330. The normalized spacial score (nSPS) is 17.0. The van der Waals surface area contributed by atoms with Gasteiger partial charge in [-0.2, -0.15) is 0 Å². The molecular formula is C25H23BrN2O2. The van der Waals surface area contributed by atoms with Crippen LogP contribution in [0.4, 0.5) is 0 Å². The Balaban J connectivity index is 1.66. The first-order valence-corrected chi connectivity index (χ1v) is 10.9. The van der Waals surface area contributed by atoms with Crippen LogP contribution in [0.3, 0.4) is 0 Å². The summed E-state index contributed by atoms with van der Waals surface area (Å²) in [4.78, 5) is 22.1. The molecule has 0 radical (unpaired) electrons. The summed E-state index contributed by atoms with van der Waals surface area (Å²) in [6, 6.07) is 21.8. The highest BCUT2D eigenvalue weighted by molar-refractivity contribution is 9.10. The second-order valence-corrected chi connectivity index (χ2v) is 8.33. The third-order valence-electron chi connectivity index (χ3n) is 5.35. The molecule has 0 saturated carbocycles. The summed E-state index contributed by atoms with van der Waals surface area (Å²) < 4.78 is 5.91. The molecule has 0 saturated heterocycles. The minimum atomic E-state index is -0.466. The molecule has 3 aromatic carbocycles. The fourth-order valence-electron chi connectivity index (χ4n) is 3.99. The number of methoxy groups -OCH3 is 1. The summed E-state index contributed by atoms with van der Waals surface area (Å²) in [5.74, 6) is -0.330. The summed E-state index contributed by atoms with van der Waals surface area (Å²) in [7, 11) is 1.40. The van der Waals surface area contributed by atoms with Crippen molar-refractivity contribution >= 4 is 21.9 Å². The Morgan fingerprint density at radius 1 is 1.00 bits per heavy atom. The van der Waals surface area contributed by atoms with Crippen molar-refractivity contribution in [3.8, 4) is 11.1 Å². The summed E-state index contributed by atoms with van der Waals surface area (Å²) in [5, 5.41) is 1.89. The summed E-state index contributed by atoms with van der Waals surface area (Å²) in [6.45, 7) is 2.16. The van der Waals surface area contributed by atoms with Crippen LogP contribution >= 0.6 is 15.9 Å². The van der Waals surface area contributed by atoms with Crippen molar-refractivity contribution in [1.82, 2.24) is 0 Å². The average Bonchev–Trinajstić information content (AvgIpc) is 3.13. The van der Waals surface area contributed by atoms with Crippen LogP contribution in [0.5, 0.6) is 0 Å². The van der Waals surface area contributed by atoms with Crippen LogP contribution in [0.25, 0.3) is 11.1 Å². The number of nitrogens with zero attached hydrogens (tertiary/aromatic N) is 2. The number of hydrogen-bond acceptors (Lipinski definition) is 4. The van der Waals surface area contributed by atoms with Crippen molar-refractivity contribution in [3.63, 3.8) is 0 Å². The number of benzene rings is 3. The average molecular weight is 463 g/mol. The van der Waals surface area contributed by atoms with Gasteiger partial charge in [-0.1, -0.05) is 61.9 Å². The van der Waals surface area contributed by atoms with Crippen molar-refractivity contribution in [2.45, 2.75) is 31.8 Å². The highest BCUT2D eigenvalue weighted by Gasteiger charge is 2.31. The van der Waals surface area contributed by atoms with Crippen molar-refractivity contribution in [3.05, 3.63) is 93.0 Å². The molecule has 4 nitrogen and oxygen atoms in total. The molecule has 1 atom stereocenters. The summed E-state index contributed by atoms with van der Waals surface area (Å²) in [5.41, 5.74) is 3.11. The van der Waals surface area contributed by atoms with E-state index in [1.54, 1.807) is 6.07 Å². The number of halogens is 1. The largest absolute Gasteiger partial charge is 0.465 e. The lowest BCUT2D eigenvalue weighted by Gasteiger charge is -2.23. The molecule has 5 heteroatoms. The molecule has 0 aliphatic carbocycles. The number of hydrogen-bond donors (Lipinski definition) is 0. The van der Waals surface area contributed by atoms with Crippen molar-refractivity contribution < 1.29 is 9.53 Å². The van der Waals surface area contributed by atoms with Gasteiger partial charge in [-0.3, -0.25) is 9.98 Å². The Bertz CT molecular complexity index is 1200. The van der Waals surface area contributed by atoms with Gasteiger partial charge in [-0.15, -0.1) is 0 Å². The lowest BCUT2D eigenvalue weighted by molar-refractivity contribution is 0.0601. The van der Waals surface area contributed by atoms with Gasteiger partial charge in [0.2, 0.25) is 0 Å². The van der Waals surface area contributed by atoms with E-state index in [1.165, 1.54) is 12.7 Å². The number of ether oxygens (including phenoxy) is 1. The maximum absolute atomic E-state index is 12.1. The molecule has 0 fully saturated rings. The molecule has 1 heterocycles. The number of carbonyl (C=O) groups excluding carboxylic acids is 1. The molecule has 0 spiro atoms. The maximum Gasteiger partial charge on any atom is 0.338 e. The number of carbonyl (C=O) groups is 1. The molecule has 0 aromatic heterocycles. The van der Waals surface area contributed by atoms with Gasteiger partial charge in [0, 0.05) is 10.9 Å². The van der Waals surface area contributed by atoms with E-state index in [0.29, 0.717) is 5.56 Å². The minimum Gasteiger partial charge on any atom is -0.465 e. The number of para-hydroxylation sites is 1. The van der Waals surface area contributed by atoms with E-state index in [0.717, 1.165) is 45.6 Å². The number of fused-ring (bicyclic) bond motifs is 1. The second-order valence-electron chi connectivity index (χ2n) is 7.47. The first kappa shape index (κ1) is 20.5. The van der Waals surface area contributed by atoms with Crippen LogP contribution in [-0.2, 0) is 11.2 Å². The number of esters is 1. The Kier molecular flexibility index (Phi) is 5.82. The quantitative estimate of drug-likeness (QED) is 0.489. The monoisotopic (exact) mass is 462 g/mol. The van der Waals surface area contributed by atoms with E-state index < -0.39 is 5.66 Å². The van der Waals surface area contributed by atoms with Crippen molar-refractivity contribution in [2.75, 3.05) is 7.11 Å². The van der Waals surface area contributed by atoms with Gasteiger partial charge in [0.15, 0.2) is 5.66 Å². The predicted molar refractivity (Wildman–Crippen MR) is 121 cm³/mol. The summed E-state index contributed by atoms with van der Waals surface area (Å²) in [6.07, 6.45) is 2.63. The lowest BCUT2D eigenvalue weighted by atomic mass is 9.93. The molecule has 30 heavy (non-hydrogen) atoms. The second kappa shape index (κ2) is 8.52. The third-order valence-corrected chi connectivity index (χ3v) is 5.99. The standard InChI is InChI=1S/C25H23BrN2O2/c1-3-15-25(27-22-10-6-9-21(26)23(22)28-25)16-17-11-13-18(14-12-17)19-7-4-5-8-20(19)24(29)30-2/h4-14H,3,15-16H2,1-2H3. The van der Waals surface area contributed by atoms with Gasteiger partial charge in [-0.05, 0) is 57.2 Å².